The van der Waals surface area contributed by atoms with E-state index in [9.17, 15) is 9.59 Å². The summed E-state index contributed by atoms with van der Waals surface area (Å²) in [6, 6.07) is 1.80. The number of ether oxygens (including phenoxy) is 1. The Hall–Kier alpha value is -1.40. The summed E-state index contributed by atoms with van der Waals surface area (Å²) in [6.45, 7) is 8.74. The second kappa shape index (κ2) is 7.93. The summed E-state index contributed by atoms with van der Waals surface area (Å²) in [5.74, 6) is 0.758. The topological polar surface area (TPSA) is 58.6 Å². The zero-order valence-electron chi connectivity index (χ0n) is 14.3. The number of piperidine rings is 1. The third-order valence-corrected chi connectivity index (χ3v) is 5.30. The van der Waals surface area contributed by atoms with E-state index < -0.39 is 5.97 Å². The van der Waals surface area contributed by atoms with E-state index >= 15 is 0 Å². The quantitative estimate of drug-likeness (QED) is 0.839. The number of anilines is 1. The molecule has 0 spiro atoms. The summed E-state index contributed by atoms with van der Waals surface area (Å²) in [5, 5.41) is 3.49. The van der Waals surface area contributed by atoms with Crippen LogP contribution in [0.25, 0.3) is 0 Å². The van der Waals surface area contributed by atoms with Crippen molar-refractivity contribution in [3.8, 4) is 0 Å². The Morgan fingerprint density at radius 3 is 2.57 bits per heavy atom. The van der Waals surface area contributed by atoms with Crippen molar-refractivity contribution in [3.63, 3.8) is 0 Å². The number of nitrogens with zero attached hydrogens (tertiary/aromatic N) is 1. The highest BCUT2D eigenvalue weighted by molar-refractivity contribution is 7.16. The second-order valence-electron chi connectivity index (χ2n) is 6.49. The van der Waals surface area contributed by atoms with Gasteiger partial charge in [0.05, 0.1) is 19.2 Å². The molecule has 1 amide bonds. The number of aryl methyl sites for hydroxylation is 1. The highest BCUT2D eigenvalue weighted by Crippen LogP contribution is 2.29. The highest BCUT2D eigenvalue weighted by atomic mass is 32.1. The van der Waals surface area contributed by atoms with Crippen LogP contribution in [0.15, 0.2) is 6.07 Å². The summed E-state index contributed by atoms with van der Waals surface area (Å²) in [5.41, 5.74) is 0.447. The normalized spacial score (nSPS) is 21.9. The first kappa shape index (κ1) is 17.9. The van der Waals surface area contributed by atoms with E-state index in [-0.39, 0.29) is 5.91 Å². The van der Waals surface area contributed by atoms with E-state index in [2.05, 4.69) is 24.1 Å². The van der Waals surface area contributed by atoms with Gasteiger partial charge in [0.1, 0.15) is 5.00 Å². The third kappa shape index (κ3) is 4.78. The number of hydrogen-bond acceptors (Lipinski definition) is 5. The van der Waals surface area contributed by atoms with Crippen LogP contribution >= 0.6 is 11.3 Å². The molecular formula is C17H26N2O3S. The van der Waals surface area contributed by atoms with E-state index in [1.54, 1.807) is 6.07 Å². The number of hydrogen-bond donors (Lipinski definition) is 1. The van der Waals surface area contributed by atoms with Gasteiger partial charge in [-0.3, -0.25) is 9.69 Å². The number of carbonyl (C=O) groups excluding carboxylic acids is 2. The van der Waals surface area contributed by atoms with Crippen LogP contribution in [0, 0.1) is 11.8 Å². The van der Waals surface area contributed by atoms with E-state index in [0.29, 0.717) is 28.9 Å². The number of methoxy groups -OCH3 is 1. The van der Waals surface area contributed by atoms with Crippen LogP contribution in [0.1, 0.15) is 42.4 Å². The lowest BCUT2D eigenvalue weighted by Crippen LogP contribution is -2.42. The SMILES string of the molecule is CCc1cc(C(=O)OC)c(NC(=O)CN2CC(C)CC(C)C2)s1. The van der Waals surface area contributed by atoms with Crippen molar-refractivity contribution in [2.45, 2.75) is 33.6 Å². The van der Waals surface area contributed by atoms with Gasteiger partial charge in [0.15, 0.2) is 0 Å². The van der Waals surface area contributed by atoms with Crippen molar-refractivity contribution in [1.29, 1.82) is 0 Å². The van der Waals surface area contributed by atoms with Gasteiger partial charge in [-0.05, 0) is 30.7 Å². The molecule has 1 aliphatic heterocycles. The van der Waals surface area contributed by atoms with Crippen LogP contribution in [0.5, 0.6) is 0 Å². The standard InChI is InChI=1S/C17H26N2O3S/c1-5-13-7-14(17(21)22-4)16(23-13)18-15(20)10-19-8-11(2)6-12(3)9-19/h7,11-12H,5-6,8-10H2,1-4H3,(H,18,20). The molecule has 2 heterocycles. The molecule has 1 aliphatic rings. The van der Waals surface area contributed by atoms with Crippen molar-refractivity contribution in [2.24, 2.45) is 11.8 Å². The van der Waals surface area contributed by atoms with Gasteiger partial charge < -0.3 is 10.1 Å². The fourth-order valence-electron chi connectivity index (χ4n) is 3.26. The molecule has 2 atom stereocenters. The predicted octanol–water partition coefficient (Wildman–Crippen LogP) is 3.01. The van der Waals surface area contributed by atoms with Crippen molar-refractivity contribution >= 4 is 28.2 Å². The Morgan fingerprint density at radius 1 is 1.35 bits per heavy atom. The van der Waals surface area contributed by atoms with E-state index in [1.807, 2.05) is 6.92 Å². The first-order valence-electron chi connectivity index (χ1n) is 8.16. The van der Waals surface area contributed by atoms with Gasteiger partial charge in [-0.25, -0.2) is 4.79 Å². The minimum atomic E-state index is -0.406. The molecule has 1 aromatic heterocycles. The molecule has 5 nitrogen and oxygen atoms in total. The number of thiophene rings is 1. The molecule has 2 unspecified atom stereocenters. The van der Waals surface area contributed by atoms with Crippen molar-refractivity contribution in [1.82, 2.24) is 4.90 Å². The molecule has 0 aromatic carbocycles. The van der Waals surface area contributed by atoms with Crippen LogP contribution in [-0.4, -0.2) is 43.5 Å². The lowest BCUT2D eigenvalue weighted by atomic mass is 9.92. The molecule has 1 saturated heterocycles. The molecule has 6 heteroatoms. The molecule has 0 saturated carbocycles. The molecule has 0 bridgehead atoms. The van der Waals surface area contributed by atoms with Crippen molar-refractivity contribution in [3.05, 3.63) is 16.5 Å². The van der Waals surface area contributed by atoms with Crippen molar-refractivity contribution < 1.29 is 14.3 Å². The monoisotopic (exact) mass is 338 g/mol. The smallest absolute Gasteiger partial charge is 0.340 e. The van der Waals surface area contributed by atoms with Crippen LogP contribution < -0.4 is 5.32 Å². The Balaban J connectivity index is 2.02. The number of esters is 1. The molecule has 23 heavy (non-hydrogen) atoms. The van der Waals surface area contributed by atoms with Crippen molar-refractivity contribution in [2.75, 3.05) is 32.1 Å². The van der Waals surface area contributed by atoms with Crippen LogP contribution in [0.2, 0.25) is 0 Å². The number of rotatable bonds is 5. The lowest BCUT2D eigenvalue weighted by Gasteiger charge is -2.34. The van der Waals surface area contributed by atoms with Gasteiger partial charge in [-0.2, -0.15) is 0 Å². The number of nitrogens with one attached hydrogen (secondary N) is 1. The maximum Gasteiger partial charge on any atom is 0.340 e. The van der Waals surface area contributed by atoms with Gasteiger partial charge in [-0.15, -0.1) is 11.3 Å². The maximum absolute atomic E-state index is 12.4. The first-order chi connectivity index (χ1) is 10.9. The lowest BCUT2D eigenvalue weighted by molar-refractivity contribution is -0.117. The predicted molar refractivity (Wildman–Crippen MR) is 93.1 cm³/mol. The van der Waals surface area contributed by atoms with Gasteiger partial charge >= 0.3 is 5.97 Å². The van der Waals surface area contributed by atoms with Gasteiger partial charge in [0.25, 0.3) is 0 Å². The zero-order chi connectivity index (χ0) is 17.0. The molecule has 0 radical (unpaired) electrons. The highest BCUT2D eigenvalue weighted by Gasteiger charge is 2.24. The largest absolute Gasteiger partial charge is 0.465 e. The maximum atomic E-state index is 12.4. The fraction of sp³-hybridized carbons (Fsp3) is 0.647. The van der Waals surface area contributed by atoms with Crippen LogP contribution in [-0.2, 0) is 16.0 Å². The van der Waals surface area contributed by atoms with Crippen LogP contribution in [0.3, 0.4) is 0 Å². The zero-order valence-corrected chi connectivity index (χ0v) is 15.2. The van der Waals surface area contributed by atoms with E-state index in [1.165, 1.54) is 24.9 Å². The molecular weight excluding hydrogens is 312 g/mol. The number of carbonyl (C=O) groups is 2. The summed E-state index contributed by atoms with van der Waals surface area (Å²) in [4.78, 5) is 27.5. The minimum Gasteiger partial charge on any atom is -0.465 e. The second-order valence-corrected chi connectivity index (χ2v) is 7.63. The fourth-order valence-corrected chi connectivity index (χ4v) is 4.26. The number of likely N-dealkylation sites (tertiary alicyclic amines) is 1. The summed E-state index contributed by atoms with van der Waals surface area (Å²) < 4.78 is 4.80. The minimum absolute atomic E-state index is 0.0686. The summed E-state index contributed by atoms with van der Waals surface area (Å²) in [6.07, 6.45) is 2.04. The average molecular weight is 338 g/mol. The van der Waals surface area contributed by atoms with Gasteiger partial charge in [0, 0.05) is 18.0 Å². The Bertz CT molecular complexity index is 560. The average Bonchev–Trinajstić information content (AvgIpc) is 2.88. The third-order valence-electron chi connectivity index (χ3n) is 4.10. The van der Waals surface area contributed by atoms with Gasteiger partial charge in [0.2, 0.25) is 5.91 Å². The Morgan fingerprint density at radius 2 is 2.00 bits per heavy atom. The Labute approximate surface area is 142 Å². The first-order valence-corrected chi connectivity index (χ1v) is 8.97. The molecule has 128 valence electrons. The van der Waals surface area contributed by atoms with E-state index in [4.69, 9.17) is 4.74 Å². The molecule has 1 N–H and O–H groups in total. The summed E-state index contributed by atoms with van der Waals surface area (Å²) >= 11 is 1.44. The van der Waals surface area contributed by atoms with Crippen LogP contribution in [0.4, 0.5) is 5.00 Å². The molecule has 1 fully saturated rings. The molecule has 2 rings (SSSR count). The number of amides is 1. The van der Waals surface area contributed by atoms with E-state index in [0.717, 1.165) is 24.4 Å². The summed E-state index contributed by atoms with van der Waals surface area (Å²) in [7, 11) is 1.35. The Kier molecular flexibility index (Phi) is 6.18. The van der Waals surface area contributed by atoms with Gasteiger partial charge in [-0.1, -0.05) is 20.8 Å². The molecule has 1 aromatic rings. The molecule has 0 aliphatic carbocycles.